The van der Waals surface area contributed by atoms with Crippen molar-refractivity contribution in [2.45, 2.75) is 6.42 Å². The third kappa shape index (κ3) is 2.08. The number of fused-ring (bicyclic) bond motifs is 1. The lowest BCUT2D eigenvalue weighted by Crippen LogP contribution is -2.08. The van der Waals surface area contributed by atoms with Crippen LogP contribution >= 0.6 is 15.9 Å². The predicted octanol–water partition coefficient (Wildman–Crippen LogP) is 1.48. The monoisotopic (exact) mass is 266 g/mol. The highest BCUT2D eigenvalue weighted by Crippen LogP contribution is 2.22. The van der Waals surface area contributed by atoms with Crippen molar-refractivity contribution in [1.82, 2.24) is 9.97 Å². The van der Waals surface area contributed by atoms with Gasteiger partial charge in [-0.1, -0.05) is 15.9 Å². The van der Waals surface area contributed by atoms with E-state index in [9.17, 15) is 0 Å². The van der Waals surface area contributed by atoms with Crippen molar-refractivity contribution >= 4 is 32.7 Å². The number of hydrogen-bond acceptors (Lipinski definition) is 4. The number of benzene rings is 1. The molecule has 78 valence electrons. The molecule has 1 aromatic heterocycles. The van der Waals surface area contributed by atoms with Gasteiger partial charge in [0.05, 0.1) is 5.52 Å². The molecule has 0 saturated heterocycles. The van der Waals surface area contributed by atoms with Gasteiger partial charge < -0.3 is 11.5 Å². The summed E-state index contributed by atoms with van der Waals surface area (Å²) in [7, 11) is 0. The molecule has 15 heavy (non-hydrogen) atoms. The largest absolute Gasteiger partial charge is 0.383 e. The third-order valence-corrected chi connectivity index (χ3v) is 2.59. The van der Waals surface area contributed by atoms with E-state index in [1.807, 2.05) is 18.2 Å². The lowest BCUT2D eigenvalue weighted by Gasteiger charge is -2.04. The van der Waals surface area contributed by atoms with Gasteiger partial charge in [0.15, 0.2) is 0 Å². The van der Waals surface area contributed by atoms with Crippen LogP contribution < -0.4 is 11.5 Å². The molecular formula is C10H11BrN4. The Bertz CT molecular complexity index is 498. The molecule has 0 saturated carbocycles. The Morgan fingerprint density at radius 1 is 1.27 bits per heavy atom. The predicted molar refractivity (Wildman–Crippen MR) is 64.4 cm³/mol. The highest BCUT2D eigenvalue weighted by Gasteiger charge is 2.04. The van der Waals surface area contributed by atoms with Crippen molar-refractivity contribution in [2.75, 3.05) is 12.3 Å². The highest BCUT2D eigenvalue weighted by molar-refractivity contribution is 9.10. The van der Waals surface area contributed by atoms with Crippen LogP contribution in [-0.4, -0.2) is 16.5 Å². The molecule has 2 aromatic rings. The van der Waals surface area contributed by atoms with Crippen molar-refractivity contribution in [3.05, 3.63) is 28.5 Å². The van der Waals surface area contributed by atoms with Crippen LogP contribution in [0.25, 0.3) is 10.9 Å². The molecule has 0 atom stereocenters. The zero-order valence-electron chi connectivity index (χ0n) is 8.07. The Morgan fingerprint density at radius 3 is 2.80 bits per heavy atom. The SMILES string of the molecule is NCCc1nc(N)c2cc(Br)ccc2n1. The lowest BCUT2D eigenvalue weighted by molar-refractivity contribution is 0.882. The number of nitrogen functional groups attached to an aromatic ring is 1. The van der Waals surface area contributed by atoms with Gasteiger partial charge in [-0.3, -0.25) is 0 Å². The summed E-state index contributed by atoms with van der Waals surface area (Å²) in [5, 5.41) is 0.866. The maximum atomic E-state index is 5.84. The normalized spacial score (nSPS) is 10.8. The second-order valence-corrected chi connectivity index (χ2v) is 4.14. The van der Waals surface area contributed by atoms with Gasteiger partial charge in [-0.05, 0) is 24.7 Å². The zero-order chi connectivity index (χ0) is 10.8. The molecule has 1 aromatic carbocycles. The van der Waals surface area contributed by atoms with Gasteiger partial charge in [0.1, 0.15) is 11.6 Å². The fourth-order valence-corrected chi connectivity index (χ4v) is 1.78. The van der Waals surface area contributed by atoms with Crippen molar-refractivity contribution in [3.8, 4) is 0 Å². The van der Waals surface area contributed by atoms with Crippen molar-refractivity contribution in [2.24, 2.45) is 5.73 Å². The lowest BCUT2D eigenvalue weighted by atomic mass is 10.2. The Labute approximate surface area is 95.8 Å². The molecule has 4 N–H and O–H groups in total. The van der Waals surface area contributed by atoms with Crippen molar-refractivity contribution < 1.29 is 0 Å². The molecule has 1 heterocycles. The molecule has 0 radical (unpaired) electrons. The molecule has 0 amide bonds. The molecule has 0 bridgehead atoms. The van der Waals surface area contributed by atoms with Crippen LogP contribution in [0.5, 0.6) is 0 Å². The summed E-state index contributed by atoms with van der Waals surface area (Å²) in [5.74, 6) is 1.20. The minimum atomic E-state index is 0.504. The van der Waals surface area contributed by atoms with E-state index in [-0.39, 0.29) is 0 Å². The van der Waals surface area contributed by atoms with Gasteiger partial charge in [0, 0.05) is 16.3 Å². The molecule has 0 unspecified atom stereocenters. The van der Waals surface area contributed by atoms with Gasteiger partial charge in [-0.15, -0.1) is 0 Å². The first-order valence-corrected chi connectivity index (χ1v) is 5.41. The highest BCUT2D eigenvalue weighted by atomic mass is 79.9. The molecule has 5 heteroatoms. The first-order chi connectivity index (χ1) is 7.20. The Balaban J connectivity index is 2.62. The van der Waals surface area contributed by atoms with Crippen LogP contribution in [0.2, 0.25) is 0 Å². The van der Waals surface area contributed by atoms with E-state index in [1.165, 1.54) is 0 Å². The number of nitrogens with two attached hydrogens (primary N) is 2. The van der Waals surface area contributed by atoms with Crippen LogP contribution in [0.4, 0.5) is 5.82 Å². The summed E-state index contributed by atoms with van der Waals surface area (Å²) in [6, 6.07) is 5.76. The number of halogens is 1. The summed E-state index contributed by atoms with van der Waals surface area (Å²) in [5.41, 5.74) is 12.1. The van der Waals surface area contributed by atoms with E-state index >= 15 is 0 Å². The standard InChI is InChI=1S/C10H11BrN4/c11-6-1-2-8-7(5-6)10(13)15-9(14-8)3-4-12/h1-2,5H,3-4,12H2,(H2,13,14,15). The van der Waals surface area contributed by atoms with E-state index < -0.39 is 0 Å². The van der Waals surface area contributed by atoms with Crippen LogP contribution in [0.1, 0.15) is 5.82 Å². The molecule has 0 aliphatic rings. The van der Waals surface area contributed by atoms with Gasteiger partial charge in [0.25, 0.3) is 0 Å². The van der Waals surface area contributed by atoms with Crippen LogP contribution in [0.15, 0.2) is 22.7 Å². The Kier molecular flexibility index (Phi) is 2.83. The van der Waals surface area contributed by atoms with Crippen molar-refractivity contribution in [1.29, 1.82) is 0 Å². The molecule has 2 rings (SSSR count). The summed E-state index contributed by atoms with van der Waals surface area (Å²) < 4.78 is 0.969. The average molecular weight is 267 g/mol. The second-order valence-electron chi connectivity index (χ2n) is 3.23. The first kappa shape index (κ1) is 10.3. The fraction of sp³-hybridized carbons (Fsp3) is 0.200. The molecular weight excluding hydrogens is 256 g/mol. The quantitative estimate of drug-likeness (QED) is 0.863. The van der Waals surface area contributed by atoms with Crippen LogP contribution in [0, 0.1) is 0 Å². The first-order valence-electron chi connectivity index (χ1n) is 4.62. The van der Waals surface area contributed by atoms with Gasteiger partial charge in [-0.2, -0.15) is 0 Å². The second kappa shape index (κ2) is 4.12. The Morgan fingerprint density at radius 2 is 2.07 bits per heavy atom. The van der Waals surface area contributed by atoms with E-state index in [1.54, 1.807) is 0 Å². The maximum Gasteiger partial charge on any atom is 0.135 e. The molecule has 0 fully saturated rings. The molecule has 0 aliphatic carbocycles. The summed E-state index contributed by atoms with van der Waals surface area (Å²) in [6.45, 7) is 0.529. The van der Waals surface area contributed by atoms with E-state index in [2.05, 4.69) is 25.9 Å². The maximum absolute atomic E-state index is 5.84. The smallest absolute Gasteiger partial charge is 0.135 e. The Hall–Kier alpha value is -1.20. The summed E-state index contributed by atoms with van der Waals surface area (Å²) in [6.07, 6.45) is 0.649. The minimum absolute atomic E-state index is 0.504. The number of anilines is 1. The average Bonchev–Trinajstić information content (AvgIpc) is 2.20. The van der Waals surface area contributed by atoms with Gasteiger partial charge in [0.2, 0.25) is 0 Å². The van der Waals surface area contributed by atoms with Gasteiger partial charge >= 0.3 is 0 Å². The molecule has 0 spiro atoms. The fourth-order valence-electron chi connectivity index (χ4n) is 1.42. The van der Waals surface area contributed by atoms with E-state index in [4.69, 9.17) is 11.5 Å². The number of hydrogen-bond donors (Lipinski definition) is 2. The summed E-state index contributed by atoms with van der Waals surface area (Å²) in [4.78, 5) is 8.57. The minimum Gasteiger partial charge on any atom is -0.383 e. The zero-order valence-corrected chi connectivity index (χ0v) is 9.66. The molecule has 4 nitrogen and oxygen atoms in total. The van der Waals surface area contributed by atoms with Crippen LogP contribution in [-0.2, 0) is 6.42 Å². The number of aromatic nitrogens is 2. The van der Waals surface area contributed by atoms with E-state index in [0.29, 0.717) is 24.6 Å². The topological polar surface area (TPSA) is 77.8 Å². The van der Waals surface area contributed by atoms with E-state index in [0.717, 1.165) is 15.4 Å². The van der Waals surface area contributed by atoms with Crippen LogP contribution in [0.3, 0.4) is 0 Å². The number of rotatable bonds is 2. The number of nitrogens with zero attached hydrogens (tertiary/aromatic N) is 2. The van der Waals surface area contributed by atoms with Crippen molar-refractivity contribution in [3.63, 3.8) is 0 Å². The van der Waals surface area contributed by atoms with Gasteiger partial charge in [-0.25, -0.2) is 9.97 Å². The molecule has 0 aliphatic heterocycles. The summed E-state index contributed by atoms with van der Waals surface area (Å²) >= 11 is 3.38. The third-order valence-electron chi connectivity index (χ3n) is 2.10.